The third-order valence-corrected chi connectivity index (χ3v) is 4.38. The van der Waals surface area contributed by atoms with Crippen molar-refractivity contribution in [3.05, 3.63) is 81.1 Å². The molecule has 0 fully saturated rings. The minimum absolute atomic E-state index is 0.303. The largest absolute Gasteiger partial charge is 0.497 e. The predicted molar refractivity (Wildman–Crippen MR) is 109 cm³/mol. The third-order valence-electron chi connectivity index (χ3n) is 4.38. The average molecular weight is 395 g/mol. The van der Waals surface area contributed by atoms with Gasteiger partial charge < -0.3 is 14.8 Å². The number of amides is 1. The van der Waals surface area contributed by atoms with E-state index in [0.29, 0.717) is 22.9 Å². The van der Waals surface area contributed by atoms with Gasteiger partial charge in [-0.3, -0.25) is 23.5 Å². The molecule has 0 spiro atoms. The molecule has 1 amide bonds. The van der Waals surface area contributed by atoms with Crippen LogP contribution in [0.25, 0.3) is 5.69 Å². The molecule has 0 atom stereocenters. The summed E-state index contributed by atoms with van der Waals surface area (Å²) in [6, 6.07) is 12.2. The van der Waals surface area contributed by atoms with Gasteiger partial charge in [-0.15, -0.1) is 0 Å². The van der Waals surface area contributed by atoms with E-state index in [4.69, 9.17) is 9.47 Å². The van der Waals surface area contributed by atoms with Gasteiger partial charge in [-0.2, -0.15) is 0 Å². The molecule has 150 valence electrons. The molecule has 1 heterocycles. The number of benzene rings is 2. The highest BCUT2D eigenvalue weighted by atomic mass is 16.5. The van der Waals surface area contributed by atoms with E-state index in [-0.39, 0.29) is 6.54 Å². The summed E-state index contributed by atoms with van der Waals surface area (Å²) in [6.07, 6.45) is 2.90. The van der Waals surface area contributed by atoms with Crippen LogP contribution in [0.15, 0.2) is 64.4 Å². The highest BCUT2D eigenvalue weighted by Crippen LogP contribution is 2.25. The molecule has 1 N–H and O–H groups in total. The van der Waals surface area contributed by atoms with E-state index in [9.17, 15) is 14.4 Å². The van der Waals surface area contributed by atoms with Crippen LogP contribution in [0, 0.1) is 6.92 Å². The Morgan fingerprint density at radius 2 is 1.62 bits per heavy atom. The van der Waals surface area contributed by atoms with Crippen LogP contribution in [0.5, 0.6) is 11.5 Å². The van der Waals surface area contributed by atoms with E-state index in [1.54, 1.807) is 30.3 Å². The standard InChI is InChI=1S/C21H21N3O5/c1-14-6-4-5-7-18(14)24-9-8-23(20(26)21(24)27)13-19(25)22-15-10-16(28-2)12-17(11-15)29-3/h4-12H,13H2,1-3H3,(H,22,25). The number of aryl methyl sites for hydroxylation is 1. The SMILES string of the molecule is COc1cc(NC(=O)Cn2ccn(-c3ccccc3C)c(=O)c2=O)cc(OC)c1. The molecule has 0 aliphatic carbocycles. The van der Waals surface area contributed by atoms with E-state index in [2.05, 4.69) is 5.32 Å². The predicted octanol–water partition coefficient (Wildman–Crippen LogP) is 1.96. The van der Waals surface area contributed by atoms with Crippen molar-refractivity contribution >= 4 is 11.6 Å². The Kier molecular flexibility index (Phi) is 5.82. The molecule has 2 aromatic carbocycles. The number of nitrogens with zero attached hydrogens (tertiary/aromatic N) is 2. The summed E-state index contributed by atoms with van der Waals surface area (Å²) >= 11 is 0. The first-order chi connectivity index (χ1) is 13.9. The highest BCUT2D eigenvalue weighted by Gasteiger charge is 2.12. The van der Waals surface area contributed by atoms with E-state index in [0.717, 1.165) is 10.1 Å². The van der Waals surface area contributed by atoms with E-state index >= 15 is 0 Å². The summed E-state index contributed by atoms with van der Waals surface area (Å²) in [7, 11) is 3.01. The van der Waals surface area contributed by atoms with Gasteiger partial charge in [0.1, 0.15) is 18.0 Å². The fourth-order valence-electron chi connectivity index (χ4n) is 2.89. The Labute approximate surface area is 166 Å². The molecule has 0 saturated carbocycles. The first kappa shape index (κ1) is 19.9. The van der Waals surface area contributed by atoms with Crippen molar-refractivity contribution in [1.82, 2.24) is 9.13 Å². The van der Waals surface area contributed by atoms with Crippen molar-refractivity contribution in [2.75, 3.05) is 19.5 Å². The normalized spacial score (nSPS) is 10.4. The second-order valence-electron chi connectivity index (χ2n) is 6.34. The number of carbonyl (C=O) groups excluding carboxylic acids is 1. The van der Waals surface area contributed by atoms with Gasteiger partial charge in [0, 0.05) is 36.3 Å². The summed E-state index contributed by atoms with van der Waals surface area (Å²) in [6.45, 7) is 1.55. The smallest absolute Gasteiger partial charge is 0.320 e. The molecule has 0 saturated heterocycles. The van der Waals surface area contributed by atoms with Crippen LogP contribution in [0.3, 0.4) is 0 Å². The molecule has 0 unspecified atom stereocenters. The Morgan fingerprint density at radius 3 is 2.24 bits per heavy atom. The highest BCUT2D eigenvalue weighted by molar-refractivity contribution is 5.91. The molecule has 8 heteroatoms. The van der Waals surface area contributed by atoms with Gasteiger partial charge in [-0.25, -0.2) is 0 Å². The van der Waals surface area contributed by atoms with Crippen LogP contribution in [0.4, 0.5) is 5.69 Å². The van der Waals surface area contributed by atoms with Crippen molar-refractivity contribution in [3.8, 4) is 17.2 Å². The summed E-state index contributed by atoms with van der Waals surface area (Å²) < 4.78 is 12.7. The van der Waals surface area contributed by atoms with Crippen molar-refractivity contribution in [3.63, 3.8) is 0 Å². The number of anilines is 1. The van der Waals surface area contributed by atoms with E-state index in [1.807, 2.05) is 19.1 Å². The zero-order valence-corrected chi connectivity index (χ0v) is 16.3. The summed E-state index contributed by atoms with van der Waals surface area (Å²) in [4.78, 5) is 37.4. The molecular weight excluding hydrogens is 374 g/mol. The maximum atomic E-state index is 12.5. The van der Waals surface area contributed by atoms with Gasteiger partial charge in [-0.1, -0.05) is 18.2 Å². The van der Waals surface area contributed by atoms with Gasteiger partial charge in [0.2, 0.25) is 5.91 Å². The molecular formula is C21H21N3O5. The van der Waals surface area contributed by atoms with Crippen LogP contribution < -0.4 is 25.9 Å². The lowest BCUT2D eigenvalue weighted by Gasteiger charge is -2.12. The summed E-state index contributed by atoms with van der Waals surface area (Å²) in [5.74, 6) is 0.561. The number of para-hydroxylation sites is 1. The van der Waals surface area contributed by atoms with Gasteiger partial charge in [0.25, 0.3) is 0 Å². The Bertz CT molecular complexity index is 1140. The van der Waals surface area contributed by atoms with Gasteiger partial charge in [0.15, 0.2) is 0 Å². The molecule has 8 nitrogen and oxygen atoms in total. The molecule has 1 aromatic heterocycles. The fourth-order valence-corrected chi connectivity index (χ4v) is 2.89. The first-order valence-electron chi connectivity index (χ1n) is 8.84. The number of hydrogen-bond donors (Lipinski definition) is 1. The topological polar surface area (TPSA) is 91.6 Å². The van der Waals surface area contributed by atoms with E-state index < -0.39 is 17.0 Å². The van der Waals surface area contributed by atoms with Crippen LogP contribution >= 0.6 is 0 Å². The molecule has 0 bridgehead atoms. The van der Waals surface area contributed by atoms with Gasteiger partial charge >= 0.3 is 11.1 Å². The molecule has 0 radical (unpaired) electrons. The zero-order chi connectivity index (χ0) is 21.0. The lowest BCUT2D eigenvalue weighted by Crippen LogP contribution is -2.41. The molecule has 29 heavy (non-hydrogen) atoms. The number of aromatic nitrogens is 2. The van der Waals surface area contributed by atoms with Gasteiger partial charge in [0.05, 0.1) is 19.9 Å². The van der Waals surface area contributed by atoms with Crippen molar-refractivity contribution in [1.29, 1.82) is 0 Å². The second-order valence-corrected chi connectivity index (χ2v) is 6.34. The maximum absolute atomic E-state index is 12.5. The van der Waals surface area contributed by atoms with Crippen molar-refractivity contribution in [2.45, 2.75) is 13.5 Å². The molecule has 0 aliphatic rings. The molecule has 3 aromatic rings. The lowest BCUT2D eigenvalue weighted by atomic mass is 10.2. The van der Waals surface area contributed by atoms with E-state index in [1.165, 1.54) is 31.2 Å². The number of nitrogens with one attached hydrogen (secondary N) is 1. The lowest BCUT2D eigenvalue weighted by molar-refractivity contribution is -0.116. The molecule has 3 rings (SSSR count). The van der Waals surface area contributed by atoms with Crippen molar-refractivity contribution in [2.24, 2.45) is 0 Å². The summed E-state index contributed by atoms with van der Waals surface area (Å²) in [5.41, 5.74) is 0.422. The average Bonchev–Trinajstić information content (AvgIpc) is 2.72. The van der Waals surface area contributed by atoms with Crippen LogP contribution in [-0.4, -0.2) is 29.3 Å². The Balaban J connectivity index is 1.83. The second kappa shape index (κ2) is 8.47. The van der Waals surface area contributed by atoms with Crippen LogP contribution in [-0.2, 0) is 11.3 Å². The number of methoxy groups -OCH3 is 2. The van der Waals surface area contributed by atoms with Crippen LogP contribution in [0.1, 0.15) is 5.56 Å². The Hall–Kier alpha value is -3.81. The van der Waals surface area contributed by atoms with Crippen molar-refractivity contribution < 1.29 is 14.3 Å². The first-order valence-corrected chi connectivity index (χ1v) is 8.84. The number of rotatable bonds is 6. The number of carbonyl (C=O) groups is 1. The minimum Gasteiger partial charge on any atom is -0.497 e. The maximum Gasteiger partial charge on any atom is 0.320 e. The Morgan fingerprint density at radius 1 is 0.966 bits per heavy atom. The van der Waals surface area contributed by atoms with Crippen LogP contribution in [0.2, 0.25) is 0 Å². The minimum atomic E-state index is -0.783. The third kappa shape index (κ3) is 4.37. The summed E-state index contributed by atoms with van der Waals surface area (Å²) in [5, 5.41) is 2.67. The van der Waals surface area contributed by atoms with Gasteiger partial charge in [-0.05, 0) is 18.6 Å². The zero-order valence-electron chi connectivity index (χ0n) is 16.3. The monoisotopic (exact) mass is 395 g/mol. The fraction of sp³-hybridized carbons (Fsp3) is 0.190. The number of hydrogen-bond acceptors (Lipinski definition) is 5. The molecule has 0 aliphatic heterocycles. The number of ether oxygens (including phenoxy) is 2. The quantitative estimate of drug-likeness (QED) is 0.645.